The molecular formula is C13H20N4O3S. The average molecular weight is 312 g/mol. The van der Waals surface area contributed by atoms with E-state index in [9.17, 15) is 14.9 Å². The Morgan fingerprint density at radius 2 is 2.29 bits per heavy atom. The van der Waals surface area contributed by atoms with Crippen molar-refractivity contribution >= 4 is 29.2 Å². The van der Waals surface area contributed by atoms with Gasteiger partial charge in [0, 0.05) is 18.7 Å². The molecule has 8 heteroatoms. The van der Waals surface area contributed by atoms with Crippen LogP contribution in [0.3, 0.4) is 0 Å². The van der Waals surface area contributed by atoms with Gasteiger partial charge in [-0.3, -0.25) is 14.9 Å². The number of carbonyl (C=O) groups is 1. The van der Waals surface area contributed by atoms with Gasteiger partial charge in [-0.1, -0.05) is 0 Å². The molecule has 7 nitrogen and oxygen atoms in total. The Labute approximate surface area is 128 Å². The summed E-state index contributed by atoms with van der Waals surface area (Å²) in [5.74, 6) is 0.921. The molecule has 1 heterocycles. The number of aromatic nitrogens is 1. The molecule has 0 aliphatic heterocycles. The second-order valence-corrected chi connectivity index (χ2v) is 5.52. The molecule has 0 aliphatic rings. The van der Waals surface area contributed by atoms with Gasteiger partial charge in [0.15, 0.2) is 0 Å². The minimum Gasteiger partial charge on any atom is -0.370 e. The fourth-order valence-corrected chi connectivity index (χ4v) is 2.31. The number of rotatable bonds is 8. The summed E-state index contributed by atoms with van der Waals surface area (Å²) in [4.78, 5) is 26.6. The van der Waals surface area contributed by atoms with Crippen LogP contribution in [-0.4, -0.2) is 40.4 Å². The van der Waals surface area contributed by atoms with E-state index in [2.05, 4.69) is 15.6 Å². The molecule has 116 valence electrons. The van der Waals surface area contributed by atoms with Gasteiger partial charge < -0.3 is 10.6 Å². The maximum absolute atomic E-state index is 12.2. The molecule has 1 aromatic heterocycles. The third kappa shape index (κ3) is 5.22. The maximum Gasteiger partial charge on any atom is 0.300 e. The van der Waals surface area contributed by atoms with Gasteiger partial charge in [0.2, 0.25) is 0 Å². The molecule has 0 saturated carbocycles. The highest BCUT2D eigenvalue weighted by Crippen LogP contribution is 2.20. The second kappa shape index (κ2) is 8.46. The van der Waals surface area contributed by atoms with E-state index >= 15 is 0 Å². The van der Waals surface area contributed by atoms with Crippen LogP contribution in [0.2, 0.25) is 0 Å². The SMILES string of the molecule is CCNc1cc(C(=O)NC(C)CCSC)c([N+](=O)[O-])cn1. The third-order valence-corrected chi connectivity index (χ3v) is 3.46. The molecule has 0 radical (unpaired) electrons. The molecule has 2 N–H and O–H groups in total. The lowest BCUT2D eigenvalue weighted by molar-refractivity contribution is -0.385. The smallest absolute Gasteiger partial charge is 0.300 e. The lowest BCUT2D eigenvalue weighted by Gasteiger charge is -2.13. The van der Waals surface area contributed by atoms with E-state index in [0.29, 0.717) is 12.4 Å². The minimum absolute atomic E-state index is 0.0296. The number of anilines is 1. The van der Waals surface area contributed by atoms with E-state index in [1.165, 1.54) is 6.07 Å². The predicted octanol–water partition coefficient (Wildman–Crippen LogP) is 2.29. The van der Waals surface area contributed by atoms with Gasteiger partial charge in [0.05, 0.1) is 4.92 Å². The summed E-state index contributed by atoms with van der Waals surface area (Å²) in [6.07, 6.45) is 3.91. The van der Waals surface area contributed by atoms with Crippen molar-refractivity contribution in [2.45, 2.75) is 26.3 Å². The zero-order chi connectivity index (χ0) is 15.8. The monoisotopic (exact) mass is 312 g/mol. The highest BCUT2D eigenvalue weighted by molar-refractivity contribution is 7.98. The molecule has 0 bridgehead atoms. The van der Waals surface area contributed by atoms with Gasteiger partial charge in [-0.2, -0.15) is 11.8 Å². The van der Waals surface area contributed by atoms with Crippen LogP contribution in [0.1, 0.15) is 30.6 Å². The quantitative estimate of drug-likeness (QED) is 0.564. The van der Waals surface area contributed by atoms with E-state index in [0.717, 1.165) is 18.4 Å². The number of nitro groups is 1. The molecule has 0 aliphatic carbocycles. The Morgan fingerprint density at radius 1 is 1.57 bits per heavy atom. The molecule has 1 unspecified atom stereocenters. The lowest BCUT2D eigenvalue weighted by Crippen LogP contribution is -2.33. The van der Waals surface area contributed by atoms with Gasteiger partial charge in [-0.25, -0.2) is 4.98 Å². The van der Waals surface area contributed by atoms with Crippen LogP contribution in [-0.2, 0) is 0 Å². The van der Waals surface area contributed by atoms with Crippen molar-refractivity contribution in [1.29, 1.82) is 0 Å². The zero-order valence-electron chi connectivity index (χ0n) is 12.4. The number of hydrogen-bond acceptors (Lipinski definition) is 6. The van der Waals surface area contributed by atoms with Crippen molar-refractivity contribution in [2.75, 3.05) is 23.9 Å². The summed E-state index contributed by atoms with van der Waals surface area (Å²) < 4.78 is 0. The van der Waals surface area contributed by atoms with Crippen molar-refractivity contribution < 1.29 is 9.72 Å². The van der Waals surface area contributed by atoms with E-state index in [1.54, 1.807) is 11.8 Å². The maximum atomic E-state index is 12.2. The summed E-state index contributed by atoms with van der Waals surface area (Å²) in [6.45, 7) is 4.38. The largest absolute Gasteiger partial charge is 0.370 e. The van der Waals surface area contributed by atoms with Crippen LogP contribution >= 0.6 is 11.8 Å². The number of hydrogen-bond donors (Lipinski definition) is 2. The number of nitrogens with zero attached hydrogens (tertiary/aromatic N) is 2. The number of amides is 1. The van der Waals surface area contributed by atoms with E-state index in [1.807, 2.05) is 20.1 Å². The highest BCUT2D eigenvalue weighted by Gasteiger charge is 2.22. The molecule has 0 aromatic carbocycles. The second-order valence-electron chi connectivity index (χ2n) is 4.53. The summed E-state index contributed by atoms with van der Waals surface area (Å²) >= 11 is 1.69. The topological polar surface area (TPSA) is 97.2 Å². The van der Waals surface area contributed by atoms with Gasteiger partial charge in [-0.05, 0) is 32.3 Å². The van der Waals surface area contributed by atoms with Gasteiger partial charge in [0.1, 0.15) is 17.6 Å². The lowest BCUT2D eigenvalue weighted by atomic mass is 10.1. The Balaban J connectivity index is 2.94. The normalized spacial score (nSPS) is 11.8. The first-order valence-electron chi connectivity index (χ1n) is 6.67. The molecule has 21 heavy (non-hydrogen) atoms. The minimum atomic E-state index is -0.593. The molecule has 0 saturated heterocycles. The third-order valence-electron chi connectivity index (χ3n) is 2.81. The summed E-state index contributed by atoms with van der Waals surface area (Å²) in [5, 5.41) is 16.7. The fourth-order valence-electron chi connectivity index (χ4n) is 1.72. The standard InChI is InChI=1S/C13H20N4O3S/c1-4-14-12-7-10(11(8-15-12)17(19)20)13(18)16-9(2)5-6-21-3/h7-9H,4-6H2,1-3H3,(H,14,15)(H,16,18). The van der Waals surface area contributed by atoms with Crippen LogP contribution in [0, 0.1) is 10.1 Å². The van der Waals surface area contributed by atoms with Crippen LogP contribution in [0.15, 0.2) is 12.3 Å². The first-order valence-corrected chi connectivity index (χ1v) is 8.07. The van der Waals surface area contributed by atoms with Crippen molar-refractivity contribution in [3.63, 3.8) is 0 Å². The van der Waals surface area contributed by atoms with E-state index < -0.39 is 10.8 Å². The van der Waals surface area contributed by atoms with Crippen LogP contribution in [0.25, 0.3) is 0 Å². The van der Waals surface area contributed by atoms with E-state index in [-0.39, 0.29) is 17.3 Å². The Bertz CT molecular complexity index is 510. The van der Waals surface area contributed by atoms with Gasteiger partial charge >= 0.3 is 0 Å². The Morgan fingerprint density at radius 3 is 2.86 bits per heavy atom. The zero-order valence-corrected chi connectivity index (χ0v) is 13.2. The Kier molecular flexibility index (Phi) is 6.93. The number of nitrogens with one attached hydrogen (secondary N) is 2. The van der Waals surface area contributed by atoms with Gasteiger partial charge in [0.25, 0.3) is 11.6 Å². The van der Waals surface area contributed by atoms with Crippen LogP contribution in [0.5, 0.6) is 0 Å². The van der Waals surface area contributed by atoms with Crippen molar-refractivity contribution in [2.24, 2.45) is 0 Å². The van der Waals surface area contributed by atoms with Gasteiger partial charge in [-0.15, -0.1) is 0 Å². The van der Waals surface area contributed by atoms with E-state index in [4.69, 9.17) is 0 Å². The molecule has 1 rings (SSSR count). The molecule has 0 spiro atoms. The average Bonchev–Trinajstić information content (AvgIpc) is 2.45. The molecular weight excluding hydrogens is 292 g/mol. The summed E-state index contributed by atoms with van der Waals surface area (Å²) in [5.41, 5.74) is -0.256. The van der Waals surface area contributed by atoms with Crippen molar-refractivity contribution in [3.8, 4) is 0 Å². The van der Waals surface area contributed by atoms with Crippen molar-refractivity contribution in [1.82, 2.24) is 10.3 Å². The first kappa shape index (κ1) is 17.2. The highest BCUT2D eigenvalue weighted by atomic mass is 32.2. The van der Waals surface area contributed by atoms with Crippen LogP contribution < -0.4 is 10.6 Å². The first-order chi connectivity index (χ1) is 9.99. The fraction of sp³-hybridized carbons (Fsp3) is 0.538. The number of thioether (sulfide) groups is 1. The molecule has 1 aromatic rings. The number of pyridine rings is 1. The molecule has 1 amide bonds. The summed E-state index contributed by atoms with van der Waals surface area (Å²) in [7, 11) is 0. The van der Waals surface area contributed by atoms with Crippen molar-refractivity contribution in [3.05, 3.63) is 27.9 Å². The predicted molar refractivity (Wildman–Crippen MR) is 85.0 cm³/mol. The van der Waals surface area contributed by atoms with Crippen LogP contribution in [0.4, 0.5) is 11.5 Å². The number of carbonyl (C=O) groups excluding carboxylic acids is 1. The molecule has 0 fully saturated rings. The molecule has 1 atom stereocenters. The Hall–Kier alpha value is -1.83. The summed E-state index contributed by atoms with van der Waals surface area (Å²) in [6, 6.07) is 1.37.